The van der Waals surface area contributed by atoms with E-state index in [-0.39, 0.29) is 31.2 Å². The number of thiophene rings is 1. The highest BCUT2D eigenvalue weighted by Gasteiger charge is 2.21. The number of amides is 1. The number of aliphatic hydroxyl groups excluding tert-OH is 1. The van der Waals surface area contributed by atoms with E-state index in [4.69, 9.17) is 19.8 Å². The van der Waals surface area contributed by atoms with Crippen molar-refractivity contribution in [1.82, 2.24) is 20.3 Å². The molecule has 8 nitrogen and oxygen atoms in total. The van der Waals surface area contributed by atoms with Crippen LogP contribution in [0.4, 0.5) is 5.82 Å². The number of aromatic nitrogens is 3. The minimum atomic E-state index is -0.308. The summed E-state index contributed by atoms with van der Waals surface area (Å²) in [5, 5.41) is 12.9. The number of nitrogens with zero attached hydrogens (tertiary/aromatic N) is 4. The van der Waals surface area contributed by atoms with Crippen LogP contribution in [-0.2, 0) is 4.79 Å². The van der Waals surface area contributed by atoms with Crippen LogP contribution < -0.4 is 15.0 Å². The fraction of sp³-hybridized carbons (Fsp3) is 0.500. The summed E-state index contributed by atoms with van der Waals surface area (Å²) >= 11 is 1.60. The molecular formula is C24H35N5O3S. The minimum Gasteiger partial charge on any atom is -0.491 e. The molecule has 180 valence electrons. The molecule has 3 heterocycles. The predicted molar refractivity (Wildman–Crippen MR) is 135 cm³/mol. The number of rotatable bonds is 7. The van der Waals surface area contributed by atoms with Gasteiger partial charge in [0.1, 0.15) is 28.7 Å². The number of likely N-dealkylation sites (N-methyl/N-ethyl adjacent to an activating group) is 1. The summed E-state index contributed by atoms with van der Waals surface area (Å²) in [4.78, 5) is 30.3. The van der Waals surface area contributed by atoms with Crippen LogP contribution in [0.25, 0.3) is 21.7 Å². The fourth-order valence-electron chi connectivity index (χ4n) is 3.15. The third-order valence-corrected chi connectivity index (χ3v) is 5.69. The molecule has 0 saturated carbocycles. The van der Waals surface area contributed by atoms with Gasteiger partial charge in [-0.05, 0) is 46.2 Å². The summed E-state index contributed by atoms with van der Waals surface area (Å²) in [5.41, 5.74) is 1.37. The zero-order valence-electron chi connectivity index (χ0n) is 20.8. The second kappa shape index (κ2) is 11.4. The normalized spacial score (nSPS) is 11.1. The summed E-state index contributed by atoms with van der Waals surface area (Å²) in [7, 11) is 1.86. The van der Waals surface area contributed by atoms with Gasteiger partial charge >= 0.3 is 0 Å². The Labute approximate surface area is 200 Å². The van der Waals surface area contributed by atoms with E-state index in [0.717, 1.165) is 20.7 Å². The van der Waals surface area contributed by atoms with Crippen molar-refractivity contribution in [2.45, 2.75) is 54.0 Å². The second-order valence-corrected chi connectivity index (χ2v) is 9.64. The van der Waals surface area contributed by atoms with Crippen LogP contribution in [0.5, 0.6) is 5.75 Å². The lowest BCUT2D eigenvalue weighted by atomic mass is 10.1. The van der Waals surface area contributed by atoms with Crippen LogP contribution in [-0.4, -0.2) is 58.3 Å². The molecule has 0 atom stereocenters. The van der Waals surface area contributed by atoms with Gasteiger partial charge in [0.15, 0.2) is 5.82 Å². The topological polar surface area (TPSA) is 100 Å². The van der Waals surface area contributed by atoms with E-state index < -0.39 is 0 Å². The molecule has 0 aliphatic heterocycles. The van der Waals surface area contributed by atoms with Crippen molar-refractivity contribution in [3.63, 3.8) is 0 Å². The molecule has 33 heavy (non-hydrogen) atoms. The van der Waals surface area contributed by atoms with E-state index >= 15 is 0 Å². The summed E-state index contributed by atoms with van der Waals surface area (Å²) in [6.07, 6.45) is 1.63. The molecule has 2 N–H and O–H groups in total. The number of nitrogens with one attached hydrogen (secondary N) is 1. The van der Waals surface area contributed by atoms with Crippen LogP contribution >= 0.6 is 11.3 Å². The SMILES string of the molecule is CC.Cc1sc2nc(-c3cc(OCCO)ccn3)nc(N(C)CC(=O)NC(C)(C)C)c2c1C. The average molecular weight is 474 g/mol. The van der Waals surface area contributed by atoms with Crippen LogP contribution in [0.15, 0.2) is 18.3 Å². The molecule has 0 aliphatic carbocycles. The molecule has 1 amide bonds. The summed E-state index contributed by atoms with van der Waals surface area (Å²) in [6, 6.07) is 3.47. The van der Waals surface area contributed by atoms with Crippen molar-refractivity contribution in [2.75, 3.05) is 31.7 Å². The van der Waals surface area contributed by atoms with Gasteiger partial charge in [0.05, 0.1) is 18.5 Å². The highest BCUT2D eigenvalue weighted by Crippen LogP contribution is 2.36. The molecule has 0 saturated heterocycles. The molecule has 0 spiro atoms. The first kappa shape index (κ1) is 26.5. The van der Waals surface area contributed by atoms with Gasteiger partial charge in [-0.1, -0.05) is 13.8 Å². The summed E-state index contributed by atoms with van der Waals surface area (Å²) in [6.45, 7) is 14.3. The van der Waals surface area contributed by atoms with Crippen molar-refractivity contribution in [1.29, 1.82) is 0 Å². The predicted octanol–water partition coefficient (Wildman–Crippen LogP) is 4.12. The zero-order valence-corrected chi connectivity index (χ0v) is 21.6. The number of carbonyl (C=O) groups is 1. The molecule has 0 fully saturated rings. The number of pyridine rings is 1. The Morgan fingerprint density at radius 3 is 2.58 bits per heavy atom. The Kier molecular flexibility index (Phi) is 9.13. The Morgan fingerprint density at radius 1 is 1.24 bits per heavy atom. The molecular weight excluding hydrogens is 438 g/mol. The number of carbonyl (C=O) groups excluding carboxylic acids is 1. The lowest BCUT2D eigenvalue weighted by Crippen LogP contribution is -2.45. The van der Waals surface area contributed by atoms with Crippen molar-refractivity contribution in [3.05, 3.63) is 28.8 Å². The molecule has 0 bridgehead atoms. The largest absolute Gasteiger partial charge is 0.491 e. The van der Waals surface area contributed by atoms with E-state index in [1.807, 2.05) is 53.5 Å². The van der Waals surface area contributed by atoms with E-state index in [9.17, 15) is 4.79 Å². The van der Waals surface area contributed by atoms with E-state index in [1.54, 1.807) is 29.7 Å². The Morgan fingerprint density at radius 2 is 1.94 bits per heavy atom. The van der Waals surface area contributed by atoms with Gasteiger partial charge in [-0.15, -0.1) is 11.3 Å². The lowest BCUT2D eigenvalue weighted by Gasteiger charge is -2.24. The van der Waals surface area contributed by atoms with Gasteiger partial charge in [-0.25, -0.2) is 9.97 Å². The Balaban J connectivity index is 0.00000187. The van der Waals surface area contributed by atoms with Crippen molar-refractivity contribution in [2.24, 2.45) is 0 Å². The van der Waals surface area contributed by atoms with E-state index in [0.29, 0.717) is 23.1 Å². The minimum absolute atomic E-state index is 0.0700. The van der Waals surface area contributed by atoms with Crippen molar-refractivity contribution < 1.29 is 14.6 Å². The molecule has 0 radical (unpaired) electrons. The highest BCUT2D eigenvalue weighted by molar-refractivity contribution is 7.18. The molecule has 3 aromatic heterocycles. The van der Waals surface area contributed by atoms with Gasteiger partial charge in [0.2, 0.25) is 5.91 Å². The number of hydrogen-bond donors (Lipinski definition) is 2. The first-order valence-electron chi connectivity index (χ1n) is 11.1. The summed E-state index contributed by atoms with van der Waals surface area (Å²) in [5.74, 6) is 1.65. The van der Waals surface area contributed by atoms with Gasteiger partial charge in [-0.3, -0.25) is 9.78 Å². The number of aryl methyl sites for hydroxylation is 2. The number of aliphatic hydroxyl groups is 1. The zero-order chi connectivity index (χ0) is 24.8. The number of hydrogen-bond acceptors (Lipinski definition) is 8. The first-order chi connectivity index (χ1) is 15.6. The molecule has 9 heteroatoms. The first-order valence-corrected chi connectivity index (χ1v) is 11.9. The molecule has 3 rings (SSSR count). The van der Waals surface area contributed by atoms with Gasteiger partial charge in [0, 0.05) is 29.7 Å². The van der Waals surface area contributed by atoms with E-state index in [1.165, 1.54) is 0 Å². The maximum Gasteiger partial charge on any atom is 0.239 e. The second-order valence-electron chi connectivity index (χ2n) is 8.44. The number of anilines is 1. The lowest BCUT2D eigenvalue weighted by molar-refractivity contribution is -0.121. The Hall–Kier alpha value is -2.78. The maximum atomic E-state index is 12.5. The summed E-state index contributed by atoms with van der Waals surface area (Å²) < 4.78 is 5.50. The third-order valence-electron chi connectivity index (χ3n) is 4.59. The van der Waals surface area contributed by atoms with Crippen molar-refractivity contribution >= 4 is 33.3 Å². The molecule has 3 aromatic rings. The van der Waals surface area contributed by atoms with Crippen LogP contribution in [0.2, 0.25) is 0 Å². The van der Waals surface area contributed by atoms with Crippen LogP contribution in [0, 0.1) is 13.8 Å². The molecule has 0 aliphatic rings. The smallest absolute Gasteiger partial charge is 0.239 e. The average Bonchev–Trinajstić information content (AvgIpc) is 3.05. The van der Waals surface area contributed by atoms with Gasteiger partial charge < -0.3 is 20.1 Å². The quantitative estimate of drug-likeness (QED) is 0.532. The van der Waals surface area contributed by atoms with Gasteiger partial charge in [-0.2, -0.15) is 0 Å². The standard InChI is InChI=1S/C22H29N5O3S.C2H6/c1-13-14(2)31-21-18(13)20(27(6)12-17(29)26-22(3,4)5)24-19(25-21)16-11-15(7-8-23-16)30-10-9-28;1-2/h7-8,11,28H,9-10,12H2,1-6H3,(H,26,29);1-2H3. The Bertz CT molecular complexity index is 1090. The van der Waals surface area contributed by atoms with Crippen molar-refractivity contribution in [3.8, 4) is 17.3 Å². The highest BCUT2D eigenvalue weighted by atomic mass is 32.1. The van der Waals surface area contributed by atoms with Gasteiger partial charge in [0.25, 0.3) is 0 Å². The number of fused-ring (bicyclic) bond motifs is 1. The molecule has 0 unspecified atom stereocenters. The number of ether oxygens (including phenoxy) is 1. The molecule has 0 aromatic carbocycles. The van der Waals surface area contributed by atoms with Crippen LogP contribution in [0.3, 0.4) is 0 Å². The maximum absolute atomic E-state index is 12.5. The fourth-order valence-corrected chi connectivity index (χ4v) is 4.18. The third kappa shape index (κ3) is 6.85. The monoisotopic (exact) mass is 473 g/mol. The van der Waals surface area contributed by atoms with E-state index in [2.05, 4.69) is 17.2 Å². The van der Waals surface area contributed by atoms with Crippen LogP contribution in [0.1, 0.15) is 45.1 Å².